The van der Waals surface area contributed by atoms with Crippen molar-refractivity contribution in [3.05, 3.63) is 28.2 Å². The molecule has 0 aliphatic carbocycles. The molecule has 0 amide bonds. The lowest BCUT2D eigenvalue weighted by Gasteiger charge is -2.19. The molecule has 0 bridgehead atoms. The summed E-state index contributed by atoms with van der Waals surface area (Å²) in [7, 11) is 0. The number of nitrogens with zero attached hydrogens (tertiary/aromatic N) is 1. The summed E-state index contributed by atoms with van der Waals surface area (Å²) in [5.41, 5.74) is 2.54. The van der Waals surface area contributed by atoms with Gasteiger partial charge < -0.3 is 15.3 Å². The quantitative estimate of drug-likeness (QED) is 0.891. The first-order valence-corrected chi connectivity index (χ1v) is 6.85. The van der Waals surface area contributed by atoms with E-state index in [1.54, 1.807) is 0 Å². The molecule has 1 heterocycles. The van der Waals surface area contributed by atoms with E-state index in [4.69, 9.17) is 5.11 Å². The zero-order chi connectivity index (χ0) is 12.3. The molecule has 0 radical (unpaired) electrons. The molecule has 1 unspecified atom stereocenters. The lowest BCUT2D eigenvalue weighted by atomic mass is 10.2. The van der Waals surface area contributed by atoms with Crippen molar-refractivity contribution >= 4 is 21.6 Å². The second-order valence-electron chi connectivity index (χ2n) is 4.54. The molecule has 2 N–H and O–H groups in total. The van der Waals surface area contributed by atoms with Gasteiger partial charge in [0.25, 0.3) is 0 Å². The fourth-order valence-electron chi connectivity index (χ4n) is 2.21. The van der Waals surface area contributed by atoms with E-state index in [0.717, 1.165) is 19.5 Å². The van der Waals surface area contributed by atoms with Gasteiger partial charge in [-0.05, 0) is 31.0 Å². The minimum Gasteiger partial charge on any atom is -0.395 e. The van der Waals surface area contributed by atoms with E-state index < -0.39 is 0 Å². The molecule has 1 saturated heterocycles. The van der Waals surface area contributed by atoms with Gasteiger partial charge in [-0.2, -0.15) is 0 Å². The van der Waals surface area contributed by atoms with Gasteiger partial charge in [0, 0.05) is 35.8 Å². The molecule has 0 spiro atoms. The molecule has 0 saturated carbocycles. The minimum atomic E-state index is 0.215. The van der Waals surface area contributed by atoms with E-state index in [2.05, 4.69) is 51.3 Å². The number of halogens is 1. The van der Waals surface area contributed by atoms with Gasteiger partial charge in [0.2, 0.25) is 0 Å². The zero-order valence-electron chi connectivity index (χ0n) is 10.1. The fourth-order valence-corrected chi connectivity index (χ4v) is 2.58. The molecular formula is C13H19BrN2O. The van der Waals surface area contributed by atoms with Crippen molar-refractivity contribution in [3.63, 3.8) is 0 Å². The maximum atomic E-state index is 8.79. The van der Waals surface area contributed by atoms with Gasteiger partial charge in [0.05, 0.1) is 6.61 Å². The lowest BCUT2D eigenvalue weighted by molar-refractivity contribution is 0.286. The molecule has 1 atom stereocenters. The molecule has 1 aromatic rings. The van der Waals surface area contributed by atoms with Crippen LogP contribution in [0.1, 0.15) is 12.0 Å². The molecule has 0 aromatic heterocycles. The second kappa shape index (κ2) is 5.85. The van der Waals surface area contributed by atoms with Crippen molar-refractivity contribution < 1.29 is 5.11 Å². The third kappa shape index (κ3) is 3.21. The van der Waals surface area contributed by atoms with Crippen molar-refractivity contribution in [1.82, 2.24) is 5.32 Å². The van der Waals surface area contributed by atoms with Crippen molar-refractivity contribution in [3.8, 4) is 0 Å². The number of aliphatic hydroxyl groups excluding tert-OH is 1. The van der Waals surface area contributed by atoms with Crippen molar-refractivity contribution in [2.75, 3.05) is 31.1 Å². The van der Waals surface area contributed by atoms with Crippen LogP contribution in [0.15, 0.2) is 22.7 Å². The van der Waals surface area contributed by atoms with Crippen molar-refractivity contribution in [1.29, 1.82) is 0 Å². The Labute approximate surface area is 111 Å². The van der Waals surface area contributed by atoms with Crippen LogP contribution in [0.2, 0.25) is 0 Å². The Morgan fingerprint density at radius 1 is 1.53 bits per heavy atom. The standard InChI is InChI=1S/C13H19BrN2O/c1-10-2-3-12(8-13(10)14)16-6-4-11(9-16)15-5-7-17/h2-3,8,11,15,17H,4-7,9H2,1H3. The van der Waals surface area contributed by atoms with Gasteiger partial charge in [0.1, 0.15) is 0 Å². The molecule has 3 nitrogen and oxygen atoms in total. The smallest absolute Gasteiger partial charge is 0.0556 e. The second-order valence-corrected chi connectivity index (χ2v) is 5.40. The zero-order valence-corrected chi connectivity index (χ0v) is 11.7. The van der Waals surface area contributed by atoms with E-state index in [-0.39, 0.29) is 6.61 Å². The van der Waals surface area contributed by atoms with Crippen LogP contribution < -0.4 is 10.2 Å². The molecular weight excluding hydrogens is 280 g/mol. The van der Waals surface area contributed by atoms with Crippen LogP contribution in [-0.4, -0.2) is 37.4 Å². The monoisotopic (exact) mass is 298 g/mol. The normalized spacial score (nSPS) is 19.9. The molecule has 4 heteroatoms. The number of hydrogen-bond donors (Lipinski definition) is 2. The first kappa shape index (κ1) is 12.9. The van der Waals surface area contributed by atoms with Crippen LogP contribution in [0, 0.1) is 6.92 Å². The summed E-state index contributed by atoms with van der Waals surface area (Å²) in [5.74, 6) is 0. The number of aliphatic hydroxyl groups is 1. The van der Waals surface area contributed by atoms with Crippen LogP contribution in [0.3, 0.4) is 0 Å². The Hall–Kier alpha value is -0.580. The van der Waals surface area contributed by atoms with Crippen LogP contribution >= 0.6 is 15.9 Å². The predicted octanol–water partition coefficient (Wildman–Crippen LogP) is 1.92. The Morgan fingerprint density at radius 3 is 3.06 bits per heavy atom. The lowest BCUT2D eigenvalue weighted by Crippen LogP contribution is -2.34. The molecule has 2 rings (SSSR count). The molecule has 1 aliphatic heterocycles. The van der Waals surface area contributed by atoms with Crippen LogP contribution in [-0.2, 0) is 0 Å². The summed E-state index contributed by atoms with van der Waals surface area (Å²) in [4.78, 5) is 2.39. The van der Waals surface area contributed by atoms with E-state index in [1.807, 2.05) is 0 Å². The highest BCUT2D eigenvalue weighted by Crippen LogP contribution is 2.26. The Bertz CT molecular complexity index is 384. The number of benzene rings is 1. The summed E-state index contributed by atoms with van der Waals surface area (Å²) in [6, 6.07) is 7.01. The van der Waals surface area contributed by atoms with Crippen molar-refractivity contribution in [2.45, 2.75) is 19.4 Å². The van der Waals surface area contributed by atoms with E-state index in [0.29, 0.717) is 12.6 Å². The van der Waals surface area contributed by atoms with Gasteiger partial charge >= 0.3 is 0 Å². The van der Waals surface area contributed by atoms with Gasteiger partial charge in [-0.25, -0.2) is 0 Å². The molecule has 1 aliphatic rings. The molecule has 94 valence electrons. The Morgan fingerprint density at radius 2 is 2.35 bits per heavy atom. The van der Waals surface area contributed by atoms with E-state index >= 15 is 0 Å². The Balaban J connectivity index is 1.97. The third-order valence-corrected chi connectivity index (χ3v) is 4.11. The average molecular weight is 299 g/mol. The molecule has 1 aromatic carbocycles. The van der Waals surface area contributed by atoms with Gasteiger partial charge in [-0.3, -0.25) is 0 Å². The Kier molecular flexibility index (Phi) is 4.42. The third-order valence-electron chi connectivity index (χ3n) is 3.25. The van der Waals surface area contributed by atoms with Gasteiger partial charge in [-0.1, -0.05) is 22.0 Å². The average Bonchev–Trinajstić information content (AvgIpc) is 2.79. The van der Waals surface area contributed by atoms with E-state index in [1.165, 1.54) is 15.7 Å². The summed E-state index contributed by atoms with van der Waals surface area (Å²) < 4.78 is 1.17. The van der Waals surface area contributed by atoms with Crippen LogP contribution in [0.4, 0.5) is 5.69 Å². The highest BCUT2D eigenvalue weighted by Gasteiger charge is 2.22. The summed E-state index contributed by atoms with van der Waals surface area (Å²) in [5, 5.41) is 12.1. The topological polar surface area (TPSA) is 35.5 Å². The largest absolute Gasteiger partial charge is 0.395 e. The highest BCUT2D eigenvalue weighted by atomic mass is 79.9. The van der Waals surface area contributed by atoms with E-state index in [9.17, 15) is 0 Å². The first-order chi connectivity index (χ1) is 8.20. The summed E-state index contributed by atoms with van der Waals surface area (Å²) >= 11 is 3.57. The minimum absolute atomic E-state index is 0.215. The maximum absolute atomic E-state index is 8.79. The van der Waals surface area contributed by atoms with Crippen LogP contribution in [0.25, 0.3) is 0 Å². The summed E-state index contributed by atoms with van der Waals surface area (Å²) in [6.45, 7) is 5.11. The SMILES string of the molecule is Cc1ccc(N2CCC(NCCO)C2)cc1Br. The van der Waals surface area contributed by atoms with Crippen molar-refractivity contribution in [2.24, 2.45) is 0 Å². The number of anilines is 1. The molecule has 1 fully saturated rings. The van der Waals surface area contributed by atoms with Gasteiger partial charge in [0.15, 0.2) is 0 Å². The number of rotatable bonds is 4. The highest BCUT2D eigenvalue weighted by molar-refractivity contribution is 9.10. The summed E-state index contributed by atoms with van der Waals surface area (Å²) in [6.07, 6.45) is 1.14. The first-order valence-electron chi connectivity index (χ1n) is 6.06. The van der Waals surface area contributed by atoms with Crippen LogP contribution in [0.5, 0.6) is 0 Å². The number of hydrogen-bond acceptors (Lipinski definition) is 3. The maximum Gasteiger partial charge on any atom is 0.0556 e. The fraction of sp³-hybridized carbons (Fsp3) is 0.538. The number of aryl methyl sites for hydroxylation is 1. The molecule has 17 heavy (non-hydrogen) atoms. The predicted molar refractivity (Wildman–Crippen MR) is 74.6 cm³/mol. The van der Waals surface area contributed by atoms with Gasteiger partial charge in [-0.15, -0.1) is 0 Å². The number of nitrogens with one attached hydrogen (secondary N) is 1.